The van der Waals surface area contributed by atoms with Crippen molar-refractivity contribution in [1.82, 2.24) is 5.32 Å². The van der Waals surface area contributed by atoms with Crippen LogP contribution in [0.4, 0.5) is 0 Å². The Hall–Kier alpha value is -3.67. The molecule has 0 fully saturated rings. The summed E-state index contributed by atoms with van der Waals surface area (Å²) in [5, 5.41) is 2.95. The number of hydrogen-bond acceptors (Lipinski definition) is 5. The van der Waals surface area contributed by atoms with E-state index in [-0.39, 0.29) is 12.7 Å². The minimum Gasteiger partial charge on any atom is -0.496 e. The lowest BCUT2D eigenvalue weighted by atomic mass is 10.0. The van der Waals surface area contributed by atoms with Gasteiger partial charge < -0.3 is 24.3 Å². The predicted octanol–water partition coefficient (Wildman–Crippen LogP) is 5.06. The molecule has 6 nitrogen and oxygen atoms in total. The molecule has 0 spiro atoms. The average molecular weight is 434 g/mol. The van der Waals surface area contributed by atoms with Gasteiger partial charge in [-0.2, -0.15) is 0 Å². The van der Waals surface area contributed by atoms with E-state index in [0.717, 1.165) is 28.2 Å². The highest BCUT2D eigenvalue weighted by atomic mass is 16.7. The molecule has 0 atom stereocenters. The monoisotopic (exact) mass is 433 g/mol. The van der Waals surface area contributed by atoms with Crippen LogP contribution < -0.4 is 24.3 Å². The number of amides is 1. The Bertz CT molecular complexity index is 1110. The Balaban J connectivity index is 1.44. The van der Waals surface area contributed by atoms with Crippen LogP contribution in [0.2, 0.25) is 0 Å². The highest BCUT2D eigenvalue weighted by Gasteiger charge is 2.15. The molecule has 0 saturated carbocycles. The lowest BCUT2D eigenvalue weighted by Crippen LogP contribution is -2.23. The lowest BCUT2D eigenvalue weighted by molar-refractivity contribution is 0.0950. The molecule has 0 unspecified atom stereocenters. The van der Waals surface area contributed by atoms with Crippen molar-refractivity contribution >= 4 is 5.91 Å². The molecule has 1 N–H and O–H groups in total. The first-order chi connectivity index (χ1) is 15.5. The van der Waals surface area contributed by atoms with Gasteiger partial charge in [0.25, 0.3) is 5.91 Å². The predicted molar refractivity (Wildman–Crippen MR) is 122 cm³/mol. The average Bonchev–Trinajstić information content (AvgIpc) is 3.29. The van der Waals surface area contributed by atoms with Crippen molar-refractivity contribution in [2.45, 2.75) is 32.9 Å². The summed E-state index contributed by atoms with van der Waals surface area (Å²) in [4.78, 5) is 12.8. The van der Waals surface area contributed by atoms with Crippen LogP contribution in [0.15, 0.2) is 60.7 Å². The fourth-order valence-corrected chi connectivity index (χ4v) is 3.61. The fraction of sp³-hybridized carbons (Fsp3) is 0.269. The molecule has 166 valence electrons. The van der Waals surface area contributed by atoms with E-state index in [2.05, 4.69) is 25.2 Å². The second kappa shape index (κ2) is 9.64. The SMILES string of the molecule is COc1ccc(C(=O)NCc2ccc3c(c2)OCO3)cc1COc1ccccc1C(C)C. The van der Waals surface area contributed by atoms with Crippen LogP contribution in [0, 0.1) is 0 Å². The third-order valence-corrected chi connectivity index (χ3v) is 5.36. The Morgan fingerprint density at radius 2 is 1.81 bits per heavy atom. The zero-order valence-electron chi connectivity index (χ0n) is 18.5. The fourth-order valence-electron chi connectivity index (χ4n) is 3.61. The van der Waals surface area contributed by atoms with E-state index in [0.29, 0.717) is 36.1 Å². The zero-order valence-corrected chi connectivity index (χ0v) is 18.5. The highest BCUT2D eigenvalue weighted by Crippen LogP contribution is 2.32. The molecular formula is C26H27NO5. The molecule has 0 saturated heterocycles. The van der Waals surface area contributed by atoms with Gasteiger partial charge in [0.05, 0.1) is 7.11 Å². The first-order valence-electron chi connectivity index (χ1n) is 10.6. The van der Waals surface area contributed by atoms with E-state index in [4.69, 9.17) is 18.9 Å². The number of fused-ring (bicyclic) bond motifs is 1. The van der Waals surface area contributed by atoms with Gasteiger partial charge in [-0.3, -0.25) is 4.79 Å². The molecule has 0 bridgehead atoms. The van der Waals surface area contributed by atoms with Crippen molar-refractivity contribution in [3.8, 4) is 23.0 Å². The van der Waals surface area contributed by atoms with E-state index in [1.54, 1.807) is 19.2 Å². The van der Waals surface area contributed by atoms with Crippen molar-refractivity contribution in [3.63, 3.8) is 0 Å². The Morgan fingerprint density at radius 3 is 2.62 bits per heavy atom. The summed E-state index contributed by atoms with van der Waals surface area (Å²) >= 11 is 0. The summed E-state index contributed by atoms with van der Waals surface area (Å²) in [6, 6.07) is 19.0. The molecular weight excluding hydrogens is 406 g/mol. The lowest BCUT2D eigenvalue weighted by Gasteiger charge is -2.16. The highest BCUT2D eigenvalue weighted by molar-refractivity contribution is 5.94. The molecule has 1 aliphatic heterocycles. The van der Waals surface area contributed by atoms with E-state index in [1.807, 2.05) is 42.5 Å². The van der Waals surface area contributed by atoms with Crippen LogP contribution in [-0.4, -0.2) is 19.8 Å². The Morgan fingerprint density at radius 1 is 1.00 bits per heavy atom. The van der Waals surface area contributed by atoms with Crippen LogP contribution in [0.5, 0.6) is 23.0 Å². The number of rotatable bonds is 8. The number of nitrogens with one attached hydrogen (secondary N) is 1. The van der Waals surface area contributed by atoms with Crippen molar-refractivity contribution in [2.75, 3.05) is 13.9 Å². The van der Waals surface area contributed by atoms with Crippen LogP contribution in [-0.2, 0) is 13.2 Å². The van der Waals surface area contributed by atoms with E-state index in [1.165, 1.54) is 0 Å². The molecule has 1 aliphatic rings. The first-order valence-corrected chi connectivity index (χ1v) is 10.6. The van der Waals surface area contributed by atoms with Crippen LogP contribution in [0.3, 0.4) is 0 Å². The maximum atomic E-state index is 12.8. The molecule has 3 aromatic rings. The van der Waals surface area contributed by atoms with Gasteiger partial charge in [-0.1, -0.05) is 38.1 Å². The molecule has 1 amide bonds. The summed E-state index contributed by atoms with van der Waals surface area (Å²) in [7, 11) is 1.61. The van der Waals surface area contributed by atoms with Gasteiger partial charge in [0, 0.05) is 17.7 Å². The molecule has 0 aromatic heterocycles. The third kappa shape index (κ3) is 4.80. The summed E-state index contributed by atoms with van der Waals surface area (Å²) in [6.07, 6.45) is 0. The first kappa shape index (κ1) is 21.6. The molecule has 0 radical (unpaired) electrons. The third-order valence-electron chi connectivity index (χ3n) is 5.36. The van der Waals surface area contributed by atoms with Gasteiger partial charge in [-0.15, -0.1) is 0 Å². The van der Waals surface area contributed by atoms with Crippen molar-refractivity contribution in [1.29, 1.82) is 0 Å². The Labute approximate surface area is 188 Å². The molecule has 6 heteroatoms. The van der Waals surface area contributed by atoms with Gasteiger partial charge in [0.2, 0.25) is 6.79 Å². The van der Waals surface area contributed by atoms with E-state index < -0.39 is 0 Å². The molecule has 4 rings (SSSR count). The number of carbonyl (C=O) groups is 1. The van der Waals surface area contributed by atoms with Crippen LogP contribution >= 0.6 is 0 Å². The standard InChI is InChI=1S/C26H27NO5/c1-17(2)21-6-4-5-7-23(21)30-15-20-13-19(9-11-22(20)29-3)26(28)27-14-18-8-10-24-25(12-18)32-16-31-24/h4-13,17H,14-16H2,1-3H3,(H,27,28). The minimum atomic E-state index is -0.172. The van der Waals surface area contributed by atoms with Crippen molar-refractivity contribution in [3.05, 3.63) is 82.9 Å². The van der Waals surface area contributed by atoms with Gasteiger partial charge >= 0.3 is 0 Å². The summed E-state index contributed by atoms with van der Waals surface area (Å²) in [5.74, 6) is 3.11. The number of ether oxygens (including phenoxy) is 4. The van der Waals surface area contributed by atoms with Crippen molar-refractivity contribution < 1.29 is 23.7 Å². The van der Waals surface area contributed by atoms with Gasteiger partial charge in [-0.05, 0) is 53.4 Å². The van der Waals surface area contributed by atoms with Crippen LogP contribution in [0.25, 0.3) is 0 Å². The number of para-hydroxylation sites is 1. The summed E-state index contributed by atoms with van der Waals surface area (Å²) in [5.41, 5.74) is 3.43. The normalized spacial score (nSPS) is 12.0. The molecule has 3 aromatic carbocycles. The largest absolute Gasteiger partial charge is 0.496 e. The van der Waals surface area contributed by atoms with E-state index in [9.17, 15) is 4.79 Å². The second-order valence-corrected chi connectivity index (χ2v) is 7.88. The number of hydrogen-bond donors (Lipinski definition) is 1. The quantitative estimate of drug-likeness (QED) is 0.538. The maximum Gasteiger partial charge on any atom is 0.251 e. The minimum absolute atomic E-state index is 0.172. The topological polar surface area (TPSA) is 66.0 Å². The number of carbonyl (C=O) groups excluding carboxylic acids is 1. The van der Waals surface area contributed by atoms with Crippen molar-refractivity contribution in [2.24, 2.45) is 0 Å². The number of benzene rings is 3. The zero-order chi connectivity index (χ0) is 22.5. The summed E-state index contributed by atoms with van der Waals surface area (Å²) in [6.45, 7) is 5.18. The second-order valence-electron chi connectivity index (χ2n) is 7.88. The Kier molecular flexibility index (Phi) is 6.50. The molecule has 1 heterocycles. The summed E-state index contributed by atoms with van der Waals surface area (Å²) < 4.78 is 22.3. The van der Waals surface area contributed by atoms with Gasteiger partial charge in [0.15, 0.2) is 11.5 Å². The molecule has 0 aliphatic carbocycles. The number of methoxy groups -OCH3 is 1. The van der Waals surface area contributed by atoms with Gasteiger partial charge in [0.1, 0.15) is 18.1 Å². The smallest absolute Gasteiger partial charge is 0.251 e. The van der Waals surface area contributed by atoms with E-state index >= 15 is 0 Å². The molecule has 32 heavy (non-hydrogen) atoms. The van der Waals surface area contributed by atoms with Crippen LogP contribution in [0.1, 0.15) is 46.8 Å². The maximum absolute atomic E-state index is 12.8. The van der Waals surface area contributed by atoms with Gasteiger partial charge in [-0.25, -0.2) is 0 Å².